The van der Waals surface area contributed by atoms with Crippen LogP contribution in [0.15, 0.2) is 30.3 Å². The van der Waals surface area contributed by atoms with Crippen molar-refractivity contribution in [1.82, 2.24) is 4.67 Å². The van der Waals surface area contributed by atoms with Gasteiger partial charge in [0.1, 0.15) is 5.75 Å². The highest BCUT2D eigenvalue weighted by Gasteiger charge is 2.26. The maximum absolute atomic E-state index is 11.6. The van der Waals surface area contributed by atoms with Gasteiger partial charge in [-0.3, -0.25) is 0 Å². The fraction of sp³-hybridized carbons (Fsp3) is 0.333. The topological polar surface area (TPSA) is 49.8 Å². The number of hydrogen-bond acceptors (Lipinski definition) is 2. The smallest absolute Gasteiger partial charge is 0.413 e. The Bertz CT molecular complexity index is 328. The summed E-state index contributed by atoms with van der Waals surface area (Å²) < 4.78 is 17.8. The first-order valence-electron chi connectivity index (χ1n) is 4.35. The van der Waals surface area contributed by atoms with Gasteiger partial charge in [-0.15, -0.1) is 0 Å². The maximum atomic E-state index is 11.6. The fourth-order valence-corrected chi connectivity index (χ4v) is 1.76. The predicted octanol–water partition coefficient (Wildman–Crippen LogP) is 2.12. The summed E-state index contributed by atoms with van der Waals surface area (Å²) in [6.45, 7) is 2.25. The maximum Gasteiger partial charge on any atom is 0.458 e. The minimum Gasteiger partial charge on any atom is -0.413 e. The molecule has 0 fully saturated rings. The molecular formula is C9H14NO3P. The highest BCUT2D eigenvalue weighted by atomic mass is 31.2. The molecule has 0 heterocycles. The van der Waals surface area contributed by atoms with Gasteiger partial charge < -0.3 is 9.42 Å². The van der Waals surface area contributed by atoms with Gasteiger partial charge in [0.05, 0.1) is 0 Å². The Kier molecular flexibility index (Phi) is 3.69. The number of benzene rings is 1. The Morgan fingerprint density at radius 2 is 2.00 bits per heavy atom. The van der Waals surface area contributed by atoms with E-state index in [1.54, 1.807) is 38.2 Å². The first-order valence-corrected chi connectivity index (χ1v) is 5.88. The standard InChI is InChI=1S/C9H14NO3P/c1-3-10(2)14(11,12)13-9-7-5-4-6-8-9/h4-8H,3H2,1-2H3,(H,11,12). The molecule has 0 spiro atoms. The average Bonchev–Trinajstić information content (AvgIpc) is 2.17. The molecule has 1 atom stereocenters. The van der Waals surface area contributed by atoms with E-state index in [4.69, 9.17) is 4.52 Å². The third-order valence-electron chi connectivity index (χ3n) is 1.86. The van der Waals surface area contributed by atoms with Crippen LogP contribution in [0.25, 0.3) is 0 Å². The van der Waals surface area contributed by atoms with Crippen LogP contribution in [0.5, 0.6) is 5.75 Å². The molecule has 4 nitrogen and oxygen atoms in total. The SMILES string of the molecule is CCN(C)P(=O)(O)Oc1ccccc1. The minimum atomic E-state index is -3.67. The van der Waals surface area contributed by atoms with E-state index in [9.17, 15) is 9.46 Å². The zero-order valence-corrected chi connectivity index (χ0v) is 9.15. The summed E-state index contributed by atoms with van der Waals surface area (Å²) in [5.41, 5.74) is 0. The van der Waals surface area contributed by atoms with Crippen molar-refractivity contribution in [2.45, 2.75) is 6.92 Å². The van der Waals surface area contributed by atoms with E-state index in [-0.39, 0.29) is 0 Å². The number of para-hydroxylation sites is 1. The predicted molar refractivity (Wildman–Crippen MR) is 55.2 cm³/mol. The van der Waals surface area contributed by atoms with E-state index in [2.05, 4.69) is 0 Å². The van der Waals surface area contributed by atoms with Crippen LogP contribution in [0, 0.1) is 0 Å². The van der Waals surface area contributed by atoms with Crippen LogP contribution < -0.4 is 4.52 Å². The van der Waals surface area contributed by atoms with Crippen molar-refractivity contribution in [2.75, 3.05) is 13.6 Å². The molecule has 0 aliphatic rings. The van der Waals surface area contributed by atoms with Crippen molar-refractivity contribution in [3.05, 3.63) is 30.3 Å². The third-order valence-corrected chi connectivity index (χ3v) is 3.45. The summed E-state index contributed by atoms with van der Waals surface area (Å²) in [5.74, 6) is 0.402. The van der Waals surface area contributed by atoms with Crippen molar-refractivity contribution in [3.8, 4) is 5.75 Å². The van der Waals surface area contributed by atoms with Gasteiger partial charge in [-0.05, 0) is 19.2 Å². The van der Waals surface area contributed by atoms with E-state index in [1.807, 2.05) is 6.07 Å². The van der Waals surface area contributed by atoms with Gasteiger partial charge >= 0.3 is 7.75 Å². The molecule has 0 bridgehead atoms. The second-order valence-electron chi connectivity index (χ2n) is 2.87. The van der Waals surface area contributed by atoms with Crippen LogP contribution in [-0.4, -0.2) is 23.2 Å². The van der Waals surface area contributed by atoms with Gasteiger partial charge in [0.2, 0.25) is 0 Å². The van der Waals surface area contributed by atoms with Crippen LogP contribution in [0.4, 0.5) is 0 Å². The van der Waals surface area contributed by atoms with E-state index >= 15 is 0 Å². The van der Waals surface area contributed by atoms with E-state index in [1.165, 1.54) is 4.67 Å². The quantitative estimate of drug-likeness (QED) is 0.781. The van der Waals surface area contributed by atoms with Gasteiger partial charge in [0.15, 0.2) is 0 Å². The molecule has 0 amide bonds. The second-order valence-corrected chi connectivity index (χ2v) is 4.72. The zero-order valence-electron chi connectivity index (χ0n) is 8.25. The van der Waals surface area contributed by atoms with Crippen LogP contribution >= 0.6 is 7.75 Å². The first-order chi connectivity index (χ1) is 6.56. The van der Waals surface area contributed by atoms with E-state index in [0.29, 0.717) is 12.3 Å². The summed E-state index contributed by atoms with van der Waals surface area (Å²) in [7, 11) is -2.13. The lowest BCUT2D eigenvalue weighted by molar-refractivity contribution is 0.304. The molecule has 1 N–H and O–H groups in total. The summed E-state index contributed by atoms with van der Waals surface area (Å²) in [6.07, 6.45) is 0. The Morgan fingerprint density at radius 1 is 1.43 bits per heavy atom. The van der Waals surface area contributed by atoms with E-state index < -0.39 is 7.75 Å². The molecule has 0 aliphatic carbocycles. The van der Waals surface area contributed by atoms with Gasteiger partial charge in [0.25, 0.3) is 0 Å². The number of hydrogen-bond donors (Lipinski definition) is 1. The Morgan fingerprint density at radius 3 is 2.50 bits per heavy atom. The zero-order chi connectivity index (χ0) is 10.6. The summed E-state index contributed by atoms with van der Waals surface area (Å²) in [6, 6.07) is 8.61. The molecule has 78 valence electrons. The molecule has 1 aromatic rings. The highest BCUT2D eigenvalue weighted by Crippen LogP contribution is 2.44. The van der Waals surface area contributed by atoms with Crippen LogP contribution in [0.1, 0.15) is 6.92 Å². The van der Waals surface area contributed by atoms with Crippen molar-refractivity contribution in [3.63, 3.8) is 0 Å². The molecular weight excluding hydrogens is 201 g/mol. The first kappa shape index (κ1) is 11.2. The minimum absolute atomic E-state index is 0.402. The van der Waals surface area contributed by atoms with Gasteiger partial charge in [0, 0.05) is 6.54 Å². The summed E-state index contributed by atoms with van der Waals surface area (Å²) in [4.78, 5) is 9.50. The molecule has 0 radical (unpaired) electrons. The molecule has 0 saturated heterocycles. The molecule has 0 aliphatic heterocycles. The largest absolute Gasteiger partial charge is 0.458 e. The lowest BCUT2D eigenvalue weighted by Gasteiger charge is -2.20. The van der Waals surface area contributed by atoms with Gasteiger partial charge in [-0.25, -0.2) is 9.24 Å². The molecule has 1 rings (SSSR count). The Balaban J connectivity index is 2.74. The fourth-order valence-electron chi connectivity index (χ4n) is 0.867. The monoisotopic (exact) mass is 215 g/mol. The van der Waals surface area contributed by atoms with Crippen LogP contribution in [0.3, 0.4) is 0 Å². The lowest BCUT2D eigenvalue weighted by atomic mass is 10.3. The average molecular weight is 215 g/mol. The second kappa shape index (κ2) is 4.60. The third kappa shape index (κ3) is 2.84. The van der Waals surface area contributed by atoms with Crippen LogP contribution in [0.2, 0.25) is 0 Å². The number of nitrogens with zero attached hydrogens (tertiary/aromatic N) is 1. The molecule has 5 heteroatoms. The van der Waals surface area contributed by atoms with Gasteiger partial charge in [-0.2, -0.15) is 0 Å². The van der Waals surface area contributed by atoms with E-state index in [0.717, 1.165) is 0 Å². The number of rotatable bonds is 4. The Hall–Kier alpha value is -0.830. The normalized spacial score (nSPS) is 15.1. The Labute approximate surface area is 83.7 Å². The summed E-state index contributed by atoms with van der Waals surface area (Å²) in [5, 5.41) is 0. The molecule has 14 heavy (non-hydrogen) atoms. The van der Waals surface area contributed by atoms with Crippen LogP contribution in [-0.2, 0) is 4.57 Å². The van der Waals surface area contributed by atoms with Gasteiger partial charge in [-0.1, -0.05) is 25.1 Å². The van der Waals surface area contributed by atoms with Crippen molar-refractivity contribution >= 4 is 7.75 Å². The van der Waals surface area contributed by atoms with Crippen molar-refractivity contribution in [2.24, 2.45) is 0 Å². The molecule has 0 aromatic heterocycles. The molecule has 1 unspecified atom stereocenters. The molecule has 1 aromatic carbocycles. The van der Waals surface area contributed by atoms with Crippen molar-refractivity contribution < 1.29 is 14.0 Å². The summed E-state index contributed by atoms with van der Waals surface area (Å²) >= 11 is 0. The van der Waals surface area contributed by atoms with Crippen molar-refractivity contribution in [1.29, 1.82) is 0 Å². The molecule has 0 saturated carbocycles. The lowest BCUT2D eigenvalue weighted by Crippen LogP contribution is -2.17. The highest BCUT2D eigenvalue weighted by molar-refractivity contribution is 7.50.